The van der Waals surface area contributed by atoms with Crippen molar-refractivity contribution in [2.24, 2.45) is 0 Å². The van der Waals surface area contributed by atoms with Crippen LogP contribution < -0.4 is 10.6 Å². The van der Waals surface area contributed by atoms with Crippen LogP contribution in [0.15, 0.2) is 53.1 Å². The summed E-state index contributed by atoms with van der Waals surface area (Å²) in [7, 11) is 0. The number of esters is 1. The van der Waals surface area contributed by atoms with Gasteiger partial charge in [0.15, 0.2) is 12.2 Å². The van der Waals surface area contributed by atoms with E-state index in [1.54, 1.807) is 36.4 Å². The second-order valence-electron chi connectivity index (χ2n) is 6.80. The molecule has 0 aliphatic heterocycles. The number of rotatable bonds is 7. The van der Waals surface area contributed by atoms with Crippen LogP contribution in [0.4, 0.5) is 5.69 Å². The number of benzene rings is 2. The van der Waals surface area contributed by atoms with Crippen molar-refractivity contribution in [2.75, 3.05) is 11.9 Å². The summed E-state index contributed by atoms with van der Waals surface area (Å²) in [4.78, 5) is 36.5. The molecule has 1 heterocycles. The molecule has 0 bridgehead atoms. The number of carbonyl (C=O) groups is 3. The average Bonchev–Trinajstić information content (AvgIpc) is 3.45. The van der Waals surface area contributed by atoms with Gasteiger partial charge >= 0.3 is 5.97 Å². The quantitative estimate of drug-likeness (QED) is 0.597. The Morgan fingerprint density at radius 3 is 2.66 bits per heavy atom. The fourth-order valence-corrected chi connectivity index (χ4v) is 2.87. The number of nitrogens with zero attached hydrogens (tertiary/aromatic N) is 1. The van der Waals surface area contributed by atoms with Gasteiger partial charge in [0, 0.05) is 11.4 Å². The molecule has 2 aromatic carbocycles. The first-order chi connectivity index (χ1) is 14.1. The van der Waals surface area contributed by atoms with E-state index in [2.05, 4.69) is 15.8 Å². The zero-order valence-electron chi connectivity index (χ0n) is 15.5. The first-order valence-corrected chi connectivity index (χ1v) is 9.29. The first kappa shape index (κ1) is 18.7. The van der Waals surface area contributed by atoms with E-state index in [0.717, 1.165) is 18.2 Å². The molecule has 1 aliphatic carbocycles. The lowest BCUT2D eigenvalue weighted by Gasteiger charge is -2.11. The highest BCUT2D eigenvalue weighted by atomic mass is 16.5. The van der Waals surface area contributed by atoms with Gasteiger partial charge in [0.1, 0.15) is 5.69 Å². The van der Waals surface area contributed by atoms with E-state index in [4.69, 9.17) is 9.26 Å². The van der Waals surface area contributed by atoms with Crippen molar-refractivity contribution in [1.82, 2.24) is 10.5 Å². The van der Waals surface area contributed by atoms with Crippen molar-refractivity contribution in [2.45, 2.75) is 25.3 Å². The molecular formula is C21H19N3O5. The van der Waals surface area contributed by atoms with Gasteiger partial charge in [-0.2, -0.15) is 0 Å². The van der Waals surface area contributed by atoms with Crippen LogP contribution in [0.25, 0.3) is 11.0 Å². The lowest BCUT2D eigenvalue weighted by Crippen LogP contribution is -2.28. The highest BCUT2D eigenvalue weighted by molar-refractivity contribution is 6.04. The second-order valence-corrected chi connectivity index (χ2v) is 6.80. The molecule has 8 heteroatoms. The summed E-state index contributed by atoms with van der Waals surface area (Å²) in [6, 6.07) is 14.1. The maximum atomic E-state index is 12.3. The molecule has 0 saturated heterocycles. The standard InChI is InChI=1S/C21H19N3O5/c25-19(23-16-7-3-1-6-15(16)21(27)22-13-9-10-13)12-28-20(26)11-17-14-5-2-4-8-18(14)29-24-17/h1-8,13H,9-12H2,(H,22,27)(H,23,25). The molecule has 1 aliphatic rings. The number of amides is 2. The Morgan fingerprint density at radius 1 is 1.07 bits per heavy atom. The van der Waals surface area contributed by atoms with Gasteiger partial charge in [-0.1, -0.05) is 29.4 Å². The Balaban J connectivity index is 1.32. The van der Waals surface area contributed by atoms with Gasteiger partial charge < -0.3 is 19.9 Å². The molecule has 1 saturated carbocycles. The van der Waals surface area contributed by atoms with Crippen LogP contribution in [0.5, 0.6) is 0 Å². The Labute approximate surface area is 166 Å². The third kappa shape index (κ3) is 4.60. The third-order valence-corrected chi connectivity index (χ3v) is 4.49. The zero-order chi connectivity index (χ0) is 20.2. The minimum Gasteiger partial charge on any atom is -0.455 e. The monoisotopic (exact) mass is 393 g/mol. The number of fused-ring (bicyclic) bond motifs is 1. The number of ether oxygens (including phenoxy) is 1. The topological polar surface area (TPSA) is 111 Å². The molecule has 0 radical (unpaired) electrons. The Kier molecular flexibility index (Phi) is 5.24. The van der Waals surface area contributed by atoms with E-state index < -0.39 is 18.5 Å². The normalized spacial score (nSPS) is 13.1. The van der Waals surface area contributed by atoms with Crippen molar-refractivity contribution in [1.29, 1.82) is 0 Å². The summed E-state index contributed by atoms with van der Waals surface area (Å²) in [6.07, 6.45) is 1.83. The lowest BCUT2D eigenvalue weighted by atomic mass is 10.1. The van der Waals surface area contributed by atoms with Gasteiger partial charge in [-0.05, 0) is 37.1 Å². The maximum Gasteiger partial charge on any atom is 0.312 e. The molecular weight excluding hydrogens is 374 g/mol. The fourth-order valence-electron chi connectivity index (χ4n) is 2.87. The number of carbonyl (C=O) groups excluding carboxylic acids is 3. The number of anilines is 1. The van der Waals surface area contributed by atoms with E-state index in [1.165, 1.54) is 0 Å². The SMILES string of the molecule is O=C(COC(=O)Cc1noc2ccccc12)Nc1ccccc1C(=O)NC1CC1. The molecule has 1 aromatic heterocycles. The van der Waals surface area contributed by atoms with Crippen LogP contribution in [-0.2, 0) is 20.7 Å². The molecule has 0 atom stereocenters. The van der Waals surface area contributed by atoms with E-state index in [0.29, 0.717) is 22.5 Å². The number of para-hydroxylation sites is 2. The molecule has 0 spiro atoms. The highest BCUT2D eigenvalue weighted by Crippen LogP contribution is 2.22. The van der Waals surface area contributed by atoms with Crippen LogP contribution in [0.1, 0.15) is 28.9 Å². The summed E-state index contributed by atoms with van der Waals surface area (Å²) in [5, 5.41) is 10.1. The molecule has 3 aromatic rings. The highest BCUT2D eigenvalue weighted by Gasteiger charge is 2.25. The average molecular weight is 393 g/mol. The van der Waals surface area contributed by atoms with Gasteiger partial charge in [-0.15, -0.1) is 0 Å². The van der Waals surface area contributed by atoms with Gasteiger partial charge in [0.05, 0.1) is 17.7 Å². The van der Waals surface area contributed by atoms with E-state index >= 15 is 0 Å². The van der Waals surface area contributed by atoms with E-state index in [9.17, 15) is 14.4 Å². The predicted octanol–water partition coefficient (Wildman–Crippen LogP) is 2.44. The van der Waals surface area contributed by atoms with Gasteiger partial charge in [-0.3, -0.25) is 14.4 Å². The van der Waals surface area contributed by atoms with E-state index in [1.807, 2.05) is 12.1 Å². The Morgan fingerprint density at radius 2 is 1.83 bits per heavy atom. The summed E-state index contributed by atoms with van der Waals surface area (Å²) in [5.74, 6) is -1.37. The minimum atomic E-state index is -0.598. The summed E-state index contributed by atoms with van der Waals surface area (Å²) < 4.78 is 10.2. The number of aromatic nitrogens is 1. The van der Waals surface area contributed by atoms with Crippen molar-refractivity contribution in [3.05, 3.63) is 59.8 Å². The van der Waals surface area contributed by atoms with Crippen LogP contribution in [0.2, 0.25) is 0 Å². The maximum absolute atomic E-state index is 12.3. The Bertz CT molecular complexity index is 1070. The molecule has 2 N–H and O–H groups in total. The largest absolute Gasteiger partial charge is 0.455 e. The number of hydrogen-bond donors (Lipinski definition) is 2. The third-order valence-electron chi connectivity index (χ3n) is 4.49. The number of hydrogen-bond acceptors (Lipinski definition) is 6. The molecule has 148 valence electrons. The minimum absolute atomic E-state index is 0.106. The van der Waals surface area contributed by atoms with Gasteiger partial charge in [-0.25, -0.2) is 0 Å². The van der Waals surface area contributed by atoms with E-state index in [-0.39, 0.29) is 18.4 Å². The number of nitrogens with one attached hydrogen (secondary N) is 2. The molecule has 8 nitrogen and oxygen atoms in total. The second kappa shape index (κ2) is 8.14. The van der Waals surface area contributed by atoms with Crippen LogP contribution >= 0.6 is 0 Å². The molecule has 1 fully saturated rings. The van der Waals surface area contributed by atoms with Crippen LogP contribution in [0.3, 0.4) is 0 Å². The van der Waals surface area contributed by atoms with Gasteiger partial charge in [0.25, 0.3) is 11.8 Å². The van der Waals surface area contributed by atoms with Crippen molar-refractivity contribution < 1.29 is 23.6 Å². The lowest BCUT2D eigenvalue weighted by molar-refractivity contribution is -0.146. The van der Waals surface area contributed by atoms with Crippen molar-refractivity contribution in [3.63, 3.8) is 0 Å². The van der Waals surface area contributed by atoms with Crippen molar-refractivity contribution in [3.8, 4) is 0 Å². The predicted molar refractivity (Wildman–Crippen MR) is 104 cm³/mol. The van der Waals surface area contributed by atoms with Crippen LogP contribution in [-0.4, -0.2) is 35.6 Å². The smallest absolute Gasteiger partial charge is 0.312 e. The van der Waals surface area contributed by atoms with Gasteiger partial charge in [0.2, 0.25) is 0 Å². The summed E-state index contributed by atoms with van der Waals surface area (Å²) in [5.41, 5.74) is 1.77. The Hall–Kier alpha value is -3.68. The first-order valence-electron chi connectivity index (χ1n) is 9.29. The fraction of sp³-hybridized carbons (Fsp3) is 0.238. The summed E-state index contributed by atoms with van der Waals surface area (Å²) >= 11 is 0. The van der Waals surface area contributed by atoms with Crippen LogP contribution in [0, 0.1) is 0 Å². The molecule has 0 unspecified atom stereocenters. The molecule has 2 amide bonds. The van der Waals surface area contributed by atoms with Crippen molar-refractivity contribution >= 4 is 34.4 Å². The summed E-state index contributed by atoms with van der Waals surface area (Å²) in [6.45, 7) is -0.465. The molecule has 4 rings (SSSR count). The zero-order valence-corrected chi connectivity index (χ0v) is 15.5. The molecule has 29 heavy (non-hydrogen) atoms.